The van der Waals surface area contributed by atoms with Crippen LogP contribution in [0.2, 0.25) is 0 Å². The standard InChI is InChI=1S/C22H36N2O2/c1-16-8-18(3)20(9-17(16)2)10-24-12-21(22(13-24)15-26)11-23-6-4-19(14-25)5-7-23/h8-9,19,21-22,25-26H,4-7,10-15H2,1-3H3/t21-,22-/m1/s1. The molecule has 0 aliphatic carbocycles. The number of piperidine rings is 1. The highest BCUT2D eigenvalue weighted by molar-refractivity contribution is 5.36. The van der Waals surface area contributed by atoms with Crippen LogP contribution in [0.15, 0.2) is 12.1 Å². The van der Waals surface area contributed by atoms with E-state index in [1.165, 1.54) is 22.3 Å². The van der Waals surface area contributed by atoms with Gasteiger partial charge in [-0.05, 0) is 86.7 Å². The third-order valence-corrected chi connectivity index (χ3v) is 6.69. The highest BCUT2D eigenvalue weighted by Crippen LogP contribution is 2.28. The Balaban J connectivity index is 1.58. The molecule has 2 fully saturated rings. The molecule has 2 N–H and O–H groups in total. The fourth-order valence-electron chi connectivity index (χ4n) is 4.69. The van der Waals surface area contributed by atoms with Crippen LogP contribution in [0.3, 0.4) is 0 Å². The van der Waals surface area contributed by atoms with Crippen molar-refractivity contribution in [3.8, 4) is 0 Å². The number of nitrogens with zero attached hydrogens (tertiary/aromatic N) is 2. The fourth-order valence-corrected chi connectivity index (χ4v) is 4.69. The summed E-state index contributed by atoms with van der Waals surface area (Å²) >= 11 is 0. The zero-order valence-electron chi connectivity index (χ0n) is 16.7. The molecule has 2 atom stereocenters. The number of likely N-dealkylation sites (tertiary alicyclic amines) is 2. The maximum absolute atomic E-state index is 9.89. The minimum absolute atomic E-state index is 0.292. The van der Waals surface area contributed by atoms with Crippen LogP contribution in [0.5, 0.6) is 0 Å². The van der Waals surface area contributed by atoms with Gasteiger partial charge in [-0.25, -0.2) is 0 Å². The zero-order chi connectivity index (χ0) is 18.7. The summed E-state index contributed by atoms with van der Waals surface area (Å²) < 4.78 is 0. The largest absolute Gasteiger partial charge is 0.396 e. The molecule has 0 radical (unpaired) electrons. The van der Waals surface area contributed by atoms with Gasteiger partial charge in [0.2, 0.25) is 0 Å². The first kappa shape index (κ1) is 19.8. The van der Waals surface area contributed by atoms with Crippen molar-refractivity contribution in [2.45, 2.75) is 40.2 Å². The predicted molar refractivity (Wildman–Crippen MR) is 106 cm³/mol. The van der Waals surface area contributed by atoms with Crippen molar-refractivity contribution in [2.75, 3.05) is 45.9 Å². The normalized spacial score (nSPS) is 25.9. The number of benzene rings is 1. The van der Waals surface area contributed by atoms with Gasteiger partial charge in [0.1, 0.15) is 0 Å². The maximum Gasteiger partial charge on any atom is 0.0475 e. The Bertz CT molecular complexity index is 596. The first-order valence-corrected chi connectivity index (χ1v) is 10.2. The Kier molecular flexibility index (Phi) is 6.73. The first-order chi connectivity index (χ1) is 12.5. The quantitative estimate of drug-likeness (QED) is 0.818. The van der Waals surface area contributed by atoms with E-state index in [4.69, 9.17) is 0 Å². The molecule has 0 amide bonds. The fraction of sp³-hybridized carbons (Fsp3) is 0.727. The lowest BCUT2D eigenvalue weighted by Gasteiger charge is -2.33. The second-order valence-corrected chi connectivity index (χ2v) is 8.69. The van der Waals surface area contributed by atoms with Crippen molar-refractivity contribution in [3.05, 3.63) is 34.4 Å². The first-order valence-electron chi connectivity index (χ1n) is 10.2. The zero-order valence-corrected chi connectivity index (χ0v) is 16.7. The van der Waals surface area contributed by atoms with E-state index in [0.717, 1.165) is 52.1 Å². The molecule has 26 heavy (non-hydrogen) atoms. The van der Waals surface area contributed by atoms with Crippen molar-refractivity contribution in [1.82, 2.24) is 9.80 Å². The Morgan fingerprint density at radius 1 is 0.846 bits per heavy atom. The van der Waals surface area contributed by atoms with Gasteiger partial charge in [0.15, 0.2) is 0 Å². The summed E-state index contributed by atoms with van der Waals surface area (Å²) in [5.41, 5.74) is 5.54. The summed E-state index contributed by atoms with van der Waals surface area (Å²) in [4.78, 5) is 5.08. The third-order valence-electron chi connectivity index (χ3n) is 6.69. The van der Waals surface area contributed by atoms with Crippen LogP contribution in [0.4, 0.5) is 0 Å². The van der Waals surface area contributed by atoms with Crippen molar-refractivity contribution >= 4 is 0 Å². The Labute approximate surface area is 158 Å². The Morgan fingerprint density at radius 2 is 1.50 bits per heavy atom. The molecule has 3 rings (SSSR count). The summed E-state index contributed by atoms with van der Waals surface area (Å²) in [6.45, 7) is 13.6. The molecule has 2 aliphatic rings. The van der Waals surface area contributed by atoms with Crippen molar-refractivity contribution in [3.63, 3.8) is 0 Å². The maximum atomic E-state index is 9.89. The van der Waals surface area contributed by atoms with Crippen LogP contribution in [0.25, 0.3) is 0 Å². The number of hydrogen-bond donors (Lipinski definition) is 2. The summed E-state index contributed by atoms with van der Waals surface area (Å²) in [5.74, 6) is 1.43. The summed E-state index contributed by atoms with van der Waals surface area (Å²) in [5, 5.41) is 19.2. The Hall–Kier alpha value is -0.940. The van der Waals surface area contributed by atoms with Crippen LogP contribution < -0.4 is 0 Å². The predicted octanol–water partition coefficient (Wildman–Crippen LogP) is 2.36. The van der Waals surface area contributed by atoms with Gasteiger partial charge in [-0.15, -0.1) is 0 Å². The van der Waals surface area contributed by atoms with Gasteiger partial charge in [0, 0.05) is 39.4 Å². The number of hydrogen-bond acceptors (Lipinski definition) is 4. The lowest BCUT2D eigenvalue weighted by molar-refractivity contribution is 0.106. The average molecular weight is 361 g/mol. The van der Waals surface area contributed by atoms with Crippen LogP contribution in [-0.2, 0) is 6.54 Å². The van der Waals surface area contributed by atoms with Crippen LogP contribution in [0, 0.1) is 38.5 Å². The monoisotopic (exact) mass is 360 g/mol. The molecule has 2 aliphatic heterocycles. The third kappa shape index (κ3) is 4.66. The molecule has 0 aromatic heterocycles. The van der Waals surface area contributed by atoms with Crippen molar-refractivity contribution in [2.24, 2.45) is 17.8 Å². The molecule has 2 saturated heterocycles. The summed E-state index contributed by atoms with van der Waals surface area (Å²) in [7, 11) is 0. The lowest BCUT2D eigenvalue weighted by Crippen LogP contribution is -2.40. The topological polar surface area (TPSA) is 46.9 Å². The SMILES string of the molecule is Cc1cc(C)c(CN2C[C@@H](CN3CCC(CO)CC3)[C@@H](CO)C2)cc1C. The molecule has 4 nitrogen and oxygen atoms in total. The van der Waals surface area contributed by atoms with Gasteiger partial charge in [-0.3, -0.25) is 4.90 Å². The van der Waals surface area contributed by atoms with Crippen molar-refractivity contribution in [1.29, 1.82) is 0 Å². The highest BCUT2D eigenvalue weighted by Gasteiger charge is 2.34. The van der Waals surface area contributed by atoms with Gasteiger partial charge in [-0.1, -0.05) is 12.1 Å². The molecule has 4 heteroatoms. The van der Waals surface area contributed by atoms with Crippen LogP contribution in [0.1, 0.15) is 35.1 Å². The van der Waals surface area contributed by atoms with Gasteiger partial charge in [-0.2, -0.15) is 0 Å². The number of aliphatic hydroxyl groups excluding tert-OH is 2. The van der Waals surface area contributed by atoms with Crippen molar-refractivity contribution < 1.29 is 10.2 Å². The van der Waals surface area contributed by atoms with E-state index in [2.05, 4.69) is 42.7 Å². The lowest BCUT2D eigenvalue weighted by atomic mass is 9.93. The molecule has 0 spiro atoms. The summed E-state index contributed by atoms with van der Waals surface area (Å²) in [6.07, 6.45) is 2.22. The molecule has 0 saturated carbocycles. The Morgan fingerprint density at radius 3 is 2.15 bits per heavy atom. The average Bonchev–Trinajstić information content (AvgIpc) is 3.01. The van der Waals surface area contributed by atoms with E-state index in [1.54, 1.807) is 0 Å². The van der Waals surface area contributed by atoms with Gasteiger partial charge >= 0.3 is 0 Å². The molecule has 2 heterocycles. The van der Waals surface area contributed by atoms with E-state index in [1.807, 2.05) is 0 Å². The second-order valence-electron chi connectivity index (χ2n) is 8.69. The number of aryl methyl sites for hydroxylation is 3. The van der Waals surface area contributed by atoms with Crippen LogP contribution in [-0.4, -0.2) is 66.0 Å². The summed E-state index contributed by atoms with van der Waals surface area (Å²) in [6, 6.07) is 4.64. The minimum atomic E-state index is 0.292. The molecule has 1 aromatic carbocycles. The van der Waals surface area contributed by atoms with E-state index in [9.17, 15) is 10.2 Å². The van der Waals surface area contributed by atoms with E-state index in [-0.39, 0.29) is 0 Å². The molecule has 0 unspecified atom stereocenters. The second kappa shape index (κ2) is 8.83. The number of rotatable bonds is 6. The molecule has 1 aromatic rings. The van der Waals surface area contributed by atoms with Gasteiger partial charge < -0.3 is 15.1 Å². The van der Waals surface area contributed by atoms with E-state index < -0.39 is 0 Å². The molecular weight excluding hydrogens is 324 g/mol. The minimum Gasteiger partial charge on any atom is -0.396 e. The van der Waals surface area contributed by atoms with E-state index in [0.29, 0.717) is 31.0 Å². The molecule has 0 bridgehead atoms. The van der Waals surface area contributed by atoms with Crippen LogP contribution >= 0.6 is 0 Å². The highest BCUT2D eigenvalue weighted by atomic mass is 16.3. The molecule has 146 valence electrons. The smallest absolute Gasteiger partial charge is 0.0475 e. The van der Waals surface area contributed by atoms with E-state index >= 15 is 0 Å². The van der Waals surface area contributed by atoms with Gasteiger partial charge in [0.05, 0.1) is 0 Å². The number of aliphatic hydroxyl groups is 2. The molecular formula is C22H36N2O2. The van der Waals surface area contributed by atoms with Gasteiger partial charge in [0.25, 0.3) is 0 Å².